The third-order valence-corrected chi connectivity index (χ3v) is 0. The van der Waals surface area contributed by atoms with Gasteiger partial charge in [-0.3, -0.25) is 0 Å². The number of halogens is 4. The second-order valence-electron chi connectivity index (χ2n) is 0. The van der Waals surface area contributed by atoms with Crippen molar-refractivity contribution < 1.29 is 39.3 Å². The molecule has 0 aromatic rings. The summed E-state index contributed by atoms with van der Waals surface area (Å²) < 4.78 is 34.0. The second-order valence-corrected chi connectivity index (χ2v) is 0. The molecule has 0 fully saturated rings. The van der Waals surface area contributed by atoms with Crippen molar-refractivity contribution in [2.45, 2.75) is 41.5 Å². The Hall–Kier alpha value is -4.44. The SMILES string of the molecule is CC.CC.OF.OF.OF.OF.[CH2-]C.[CH2-]C.[CH3-].[CH3-].[Rf].[Rf].[Rf].[Rf]. The maximum absolute atomic E-state index is 8.50. The zero-order chi connectivity index (χ0) is 16.0. The fraction of sp³-hybridized carbons (Fsp3) is 0.600. The quantitative estimate of drug-likeness (QED) is 0.218. The van der Waals surface area contributed by atoms with Crippen molar-refractivity contribution >= 4 is 0 Å². The topological polar surface area (TPSA) is 80.9 Å². The van der Waals surface area contributed by atoms with Gasteiger partial charge in [0.2, 0.25) is 0 Å². The van der Waals surface area contributed by atoms with Gasteiger partial charge in [0.15, 0.2) is 0 Å². The average Bonchev–Trinajstić information content (AvgIpc) is 2.54. The Morgan fingerprint density at radius 1 is 0.409 bits per heavy atom. The van der Waals surface area contributed by atoms with Crippen LogP contribution in [-0.4, -0.2) is 21.2 Å². The Labute approximate surface area is 111 Å². The molecule has 0 atom stereocenters. The monoisotopic (exact) mass is 1360 g/mol. The van der Waals surface area contributed by atoms with Gasteiger partial charge in [-0.15, -0.1) is 0 Å². The van der Waals surface area contributed by atoms with E-state index in [0.717, 1.165) is 0 Å². The van der Waals surface area contributed by atoms with E-state index in [1.807, 2.05) is 27.7 Å². The van der Waals surface area contributed by atoms with Crippen LogP contribution >= 0.6 is 0 Å². The Morgan fingerprint density at radius 3 is 0.409 bits per heavy atom. The van der Waals surface area contributed by atoms with Crippen molar-refractivity contribution in [1.29, 1.82) is 0 Å². The van der Waals surface area contributed by atoms with Crippen LogP contribution in [0.2, 0.25) is 0 Å². The third kappa shape index (κ3) is 167. The van der Waals surface area contributed by atoms with E-state index in [1.165, 1.54) is 0 Å². The normalized spacial score (nSPS) is 2.18. The first kappa shape index (κ1) is 380. The molecule has 0 aromatic heterocycles. The van der Waals surface area contributed by atoms with Crippen LogP contribution in [0.1, 0.15) is 41.5 Å². The van der Waals surface area contributed by atoms with Gasteiger partial charge in [0.1, 0.15) is 0 Å². The summed E-state index contributed by atoms with van der Waals surface area (Å²) in [6, 6.07) is 0. The van der Waals surface area contributed by atoms with Crippen molar-refractivity contribution in [3.05, 3.63) is 28.7 Å². The summed E-state index contributed by atoms with van der Waals surface area (Å²) in [6.45, 7) is 18.0. The van der Waals surface area contributed by atoms with Gasteiger partial charge in [0.25, 0.3) is 0 Å². The molecule has 0 bridgehead atoms. The van der Waals surface area contributed by atoms with E-state index in [0.29, 0.717) is 0 Å². The molecule has 0 spiro atoms. The number of hydrogen-bond donors (Lipinski definition) is 4. The summed E-state index contributed by atoms with van der Waals surface area (Å²) in [6.07, 6.45) is 0. The van der Waals surface area contributed by atoms with Crippen molar-refractivity contribution in [3.63, 3.8) is 0 Å². The summed E-state index contributed by atoms with van der Waals surface area (Å²) in [5.74, 6) is 0. The Balaban J connectivity index is -0.00000000267. The van der Waals surface area contributed by atoms with Crippen LogP contribution in [0.5, 0.6) is 0 Å². The molecule has 4 N–H and O–H groups in total. The molecule has 0 unspecified atom stereocenters. The van der Waals surface area contributed by atoms with Gasteiger partial charge < -0.3 is 28.7 Å². The molecule has 0 rings (SSSR count). The molecule has 22 heavy (non-hydrogen) atoms. The predicted octanol–water partition coefficient (Wildman–Crippen LogP) is 4.09. The second kappa shape index (κ2) is 203. The van der Waals surface area contributed by atoms with Gasteiger partial charge >= 0.3 is 0 Å². The van der Waals surface area contributed by atoms with Crippen molar-refractivity contribution in [2.75, 3.05) is 0 Å². The van der Waals surface area contributed by atoms with Crippen LogP contribution in [0, 0.1) is 28.7 Å². The van der Waals surface area contributed by atoms with Gasteiger partial charge in [-0.25, -0.2) is 21.2 Å². The summed E-state index contributed by atoms with van der Waals surface area (Å²) in [5.41, 5.74) is 0. The minimum Gasteiger partial charge on any atom is -0.358 e. The van der Waals surface area contributed by atoms with Gasteiger partial charge in [0, 0.05) is 0 Å². The van der Waals surface area contributed by atoms with Crippen LogP contribution in [0.25, 0.3) is 0 Å². The molecule has 0 saturated heterocycles. The van der Waals surface area contributed by atoms with Gasteiger partial charge in [-0.1, -0.05) is 45.8 Å². The number of rotatable bonds is 0. The molecule has 0 heterocycles. The maximum Gasteiger partial charge on any atom is 0 e. The largest absolute Gasteiger partial charge is 0.358 e. The fourth-order valence-electron chi connectivity index (χ4n) is 0. The van der Waals surface area contributed by atoms with Gasteiger partial charge in [0.05, 0.1) is 0 Å². The van der Waals surface area contributed by atoms with Crippen LogP contribution in [0.4, 0.5) is 18.1 Å². The first-order valence-corrected chi connectivity index (χ1v) is 4.09. The van der Waals surface area contributed by atoms with E-state index < -0.39 is 0 Å². The Bertz CT molecular complexity index is 40.9. The van der Waals surface area contributed by atoms with Gasteiger partial charge in [-0.05, 0) is 0 Å². The van der Waals surface area contributed by atoms with Crippen LogP contribution in [0.3, 0.4) is 0 Å². The molecule has 136 valence electrons. The van der Waals surface area contributed by atoms with Gasteiger partial charge in [-0.2, -0.15) is 13.8 Å². The standard InChI is InChI=1S/2C2H6.2C2H5.2CH3.4FHO.4Rf/c4*1-2;;;4*1-2;;;;/h2*1-2H3;2*1H2,2H3;2*1H3;4*2H;;;;/q;;4*-1;;;;;;;;. The average molecular weight is 1360 g/mol. The number of hydrogen-bond acceptors (Lipinski definition) is 4. The molecule has 4 nitrogen and oxygen atoms in total. The van der Waals surface area contributed by atoms with Crippen molar-refractivity contribution in [1.82, 2.24) is 0 Å². The van der Waals surface area contributed by atoms with Crippen LogP contribution < -0.4 is 0 Å². The molecule has 0 aliphatic carbocycles. The van der Waals surface area contributed by atoms with E-state index in [1.54, 1.807) is 13.8 Å². The Morgan fingerprint density at radius 2 is 0.409 bits per heavy atom. The van der Waals surface area contributed by atoms with E-state index in [-0.39, 0.29) is 14.9 Å². The molecule has 0 radical (unpaired) electrons. The minimum absolute atomic E-state index is 0. The molecule has 0 saturated carbocycles. The zero-order valence-electron chi connectivity index (χ0n) is 15.5. The van der Waals surface area contributed by atoms with E-state index in [9.17, 15) is 0 Å². The molecule has 0 aliphatic rings. The molecule has 12 heteroatoms. The summed E-state index contributed by atoms with van der Waals surface area (Å²) in [4.78, 5) is 0. The molecule has 0 aromatic carbocycles. The van der Waals surface area contributed by atoms with E-state index >= 15 is 0 Å². The molecular weight excluding hydrogens is 1330 g/mol. The zero-order valence-corrected chi connectivity index (χ0v) is 41.1. The van der Waals surface area contributed by atoms with Crippen LogP contribution in [0.15, 0.2) is 0 Å². The summed E-state index contributed by atoms with van der Waals surface area (Å²) >= 11 is 0. The predicted molar refractivity (Wildman–Crippen MR) is 70.9 cm³/mol. The maximum atomic E-state index is 8.50. The van der Waals surface area contributed by atoms with E-state index in [2.05, 4.69) is 13.8 Å². The first-order chi connectivity index (χ1) is 8.00. The third-order valence-electron chi connectivity index (χ3n) is 0. The summed E-state index contributed by atoms with van der Waals surface area (Å²) in [5, 5.41) is 22.0. The van der Waals surface area contributed by atoms with Crippen molar-refractivity contribution in [3.8, 4) is 0 Å². The first-order valence-electron chi connectivity index (χ1n) is 4.09. The van der Waals surface area contributed by atoms with E-state index in [4.69, 9.17) is 39.3 Å². The van der Waals surface area contributed by atoms with Crippen molar-refractivity contribution in [2.24, 2.45) is 0 Å². The molecular formula is C10H32F4O4Rf4-4. The summed E-state index contributed by atoms with van der Waals surface area (Å²) in [7, 11) is 0. The molecule has 0 amide bonds. The smallest absolute Gasteiger partial charge is 0 e. The van der Waals surface area contributed by atoms with Crippen LogP contribution in [-0.2, 0) is 0 Å². The minimum atomic E-state index is 0. The Kier molecular flexibility index (Phi) is 3510. The molecule has 0 aliphatic heterocycles. The fourth-order valence-corrected chi connectivity index (χ4v) is 0.